The van der Waals surface area contributed by atoms with E-state index < -0.39 is 12.1 Å². The van der Waals surface area contributed by atoms with Crippen LogP contribution in [0.1, 0.15) is 19.3 Å². The SMILES string of the molecule is C=CC(=O)OCCCC(O)CCOc1ccc(-c2ccccc2)cc1. The second-order valence-electron chi connectivity index (χ2n) is 5.70. The van der Waals surface area contributed by atoms with E-state index in [-0.39, 0.29) is 0 Å². The third-order valence-corrected chi connectivity index (χ3v) is 3.77. The Morgan fingerprint density at radius 1 is 1.00 bits per heavy atom. The Bertz CT molecular complexity index is 649. The van der Waals surface area contributed by atoms with Crippen molar-refractivity contribution >= 4 is 5.97 Å². The first-order valence-corrected chi connectivity index (χ1v) is 8.44. The van der Waals surface area contributed by atoms with Crippen molar-refractivity contribution in [1.82, 2.24) is 0 Å². The fourth-order valence-electron chi connectivity index (χ4n) is 2.38. The van der Waals surface area contributed by atoms with Gasteiger partial charge in [-0.1, -0.05) is 49.0 Å². The van der Waals surface area contributed by atoms with Crippen LogP contribution in [0.3, 0.4) is 0 Å². The van der Waals surface area contributed by atoms with Gasteiger partial charge >= 0.3 is 5.97 Å². The summed E-state index contributed by atoms with van der Waals surface area (Å²) in [6, 6.07) is 18.1. The van der Waals surface area contributed by atoms with E-state index in [4.69, 9.17) is 9.47 Å². The number of carbonyl (C=O) groups is 1. The molecular formula is C21H24O4. The second-order valence-corrected chi connectivity index (χ2v) is 5.70. The molecule has 1 unspecified atom stereocenters. The number of hydrogen-bond donors (Lipinski definition) is 1. The van der Waals surface area contributed by atoms with Gasteiger partial charge in [0.15, 0.2) is 0 Å². The van der Waals surface area contributed by atoms with Gasteiger partial charge in [-0.05, 0) is 36.1 Å². The van der Waals surface area contributed by atoms with Crippen LogP contribution in [0, 0.1) is 0 Å². The minimum Gasteiger partial charge on any atom is -0.493 e. The van der Waals surface area contributed by atoms with Crippen LogP contribution in [0.15, 0.2) is 67.3 Å². The Balaban J connectivity index is 1.66. The van der Waals surface area contributed by atoms with Crippen LogP contribution < -0.4 is 4.74 Å². The minimum atomic E-state index is -0.467. The molecule has 1 atom stereocenters. The highest BCUT2D eigenvalue weighted by atomic mass is 16.5. The summed E-state index contributed by atoms with van der Waals surface area (Å²) in [5, 5.41) is 9.90. The van der Waals surface area contributed by atoms with Gasteiger partial charge in [-0.2, -0.15) is 0 Å². The number of esters is 1. The van der Waals surface area contributed by atoms with Crippen LogP contribution in [-0.4, -0.2) is 30.4 Å². The van der Waals surface area contributed by atoms with Crippen LogP contribution >= 0.6 is 0 Å². The van der Waals surface area contributed by atoms with Crippen LogP contribution in [0.25, 0.3) is 11.1 Å². The first-order chi connectivity index (χ1) is 12.2. The lowest BCUT2D eigenvalue weighted by molar-refractivity contribution is -0.138. The molecule has 4 heteroatoms. The summed E-state index contributed by atoms with van der Waals surface area (Å²) in [6.07, 6.45) is 2.39. The van der Waals surface area contributed by atoms with Crippen molar-refractivity contribution in [1.29, 1.82) is 0 Å². The molecule has 0 bridgehead atoms. The number of rotatable bonds is 10. The third-order valence-electron chi connectivity index (χ3n) is 3.77. The molecule has 2 aromatic carbocycles. The molecule has 4 nitrogen and oxygen atoms in total. The predicted molar refractivity (Wildman–Crippen MR) is 98.4 cm³/mol. The quantitative estimate of drug-likeness (QED) is 0.404. The largest absolute Gasteiger partial charge is 0.493 e. The fraction of sp³-hybridized carbons (Fsp3) is 0.286. The predicted octanol–water partition coefficient (Wildman–Crippen LogP) is 3.99. The highest BCUT2D eigenvalue weighted by Crippen LogP contribution is 2.22. The molecule has 0 amide bonds. The van der Waals surface area contributed by atoms with Crippen molar-refractivity contribution in [2.45, 2.75) is 25.4 Å². The van der Waals surface area contributed by atoms with E-state index in [2.05, 4.69) is 18.7 Å². The molecule has 25 heavy (non-hydrogen) atoms. The van der Waals surface area contributed by atoms with Crippen molar-refractivity contribution in [2.24, 2.45) is 0 Å². The second kappa shape index (κ2) is 10.3. The van der Waals surface area contributed by atoms with Crippen LogP contribution in [0.4, 0.5) is 0 Å². The van der Waals surface area contributed by atoms with Crippen molar-refractivity contribution in [2.75, 3.05) is 13.2 Å². The van der Waals surface area contributed by atoms with Crippen molar-refractivity contribution in [3.63, 3.8) is 0 Å². The summed E-state index contributed by atoms with van der Waals surface area (Å²) in [7, 11) is 0. The third kappa shape index (κ3) is 6.81. The molecule has 0 spiro atoms. The smallest absolute Gasteiger partial charge is 0.330 e. The van der Waals surface area contributed by atoms with E-state index in [1.807, 2.05) is 42.5 Å². The molecule has 0 heterocycles. The zero-order chi connectivity index (χ0) is 17.9. The van der Waals surface area contributed by atoms with Gasteiger partial charge in [-0.25, -0.2) is 4.79 Å². The Labute approximate surface area is 148 Å². The summed E-state index contributed by atoms with van der Waals surface area (Å²) >= 11 is 0. The summed E-state index contributed by atoms with van der Waals surface area (Å²) in [4.78, 5) is 10.9. The monoisotopic (exact) mass is 340 g/mol. The van der Waals surface area contributed by atoms with Crippen LogP contribution in [0.2, 0.25) is 0 Å². The van der Waals surface area contributed by atoms with Gasteiger partial charge in [0.2, 0.25) is 0 Å². The molecule has 2 rings (SSSR count). The maximum atomic E-state index is 10.9. The molecule has 0 aliphatic carbocycles. The van der Waals surface area contributed by atoms with Crippen molar-refractivity contribution < 1.29 is 19.4 Å². The highest BCUT2D eigenvalue weighted by molar-refractivity contribution is 5.81. The molecule has 2 aromatic rings. The minimum absolute atomic E-state index is 0.295. The molecule has 0 saturated heterocycles. The average molecular weight is 340 g/mol. The summed E-state index contributed by atoms with van der Waals surface area (Å²) in [5.41, 5.74) is 2.31. The van der Waals surface area contributed by atoms with Crippen molar-refractivity contribution in [3.05, 3.63) is 67.3 Å². The Morgan fingerprint density at radius 2 is 1.68 bits per heavy atom. The Morgan fingerprint density at radius 3 is 2.36 bits per heavy atom. The van der Waals surface area contributed by atoms with Crippen LogP contribution in [0.5, 0.6) is 5.75 Å². The number of aliphatic hydroxyl groups is 1. The van der Waals surface area contributed by atoms with Crippen LogP contribution in [-0.2, 0) is 9.53 Å². The standard InChI is InChI=1S/C21H24O4/c1-2-21(23)25-15-6-9-19(22)14-16-24-20-12-10-18(11-13-20)17-7-4-3-5-8-17/h2-5,7-8,10-13,19,22H,1,6,9,14-16H2. The number of carbonyl (C=O) groups excluding carboxylic acids is 1. The molecule has 0 fully saturated rings. The summed E-state index contributed by atoms with van der Waals surface area (Å²) < 4.78 is 10.5. The van der Waals surface area contributed by atoms with Crippen molar-refractivity contribution in [3.8, 4) is 16.9 Å². The van der Waals surface area contributed by atoms with E-state index in [0.717, 1.165) is 17.4 Å². The van der Waals surface area contributed by atoms with Gasteiger partial charge < -0.3 is 14.6 Å². The lowest BCUT2D eigenvalue weighted by atomic mass is 10.1. The molecule has 0 saturated carbocycles. The maximum Gasteiger partial charge on any atom is 0.330 e. The van der Waals surface area contributed by atoms with Gasteiger partial charge in [0.1, 0.15) is 5.75 Å². The topological polar surface area (TPSA) is 55.8 Å². The van der Waals surface area contributed by atoms with E-state index in [0.29, 0.717) is 32.5 Å². The molecule has 0 aliphatic rings. The number of benzene rings is 2. The Kier molecular flexibility index (Phi) is 7.73. The molecule has 0 aliphatic heterocycles. The van der Waals surface area contributed by atoms with E-state index >= 15 is 0 Å². The zero-order valence-electron chi connectivity index (χ0n) is 14.3. The molecule has 1 N–H and O–H groups in total. The van der Waals surface area contributed by atoms with E-state index in [1.54, 1.807) is 0 Å². The number of hydrogen-bond acceptors (Lipinski definition) is 4. The van der Waals surface area contributed by atoms with Gasteiger partial charge in [-0.15, -0.1) is 0 Å². The summed E-state index contributed by atoms with van der Waals surface area (Å²) in [6.45, 7) is 4.06. The first kappa shape index (κ1) is 18.7. The number of aliphatic hydroxyl groups excluding tert-OH is 1. The zero-order valence-corrected chi connectivity index (χ0v) is 14.3. The van der Waals surface area contributed by atoms with Gasteiger partial charge in [-0.3, -0.25) is 0 Å². The maximum absolute atomic E-state index is 10.9. The average Bonchev–Trinajstić information content (AvgIpc) is 2.66. The first-order valence-electron chi connectivity index (χ1n) is 8.44. The van der Waals surface area contributed by atoms with Gasteiger partial charge in [0.25, 0.3) is 0 Å². The molecule has 0 aromatic heterocycles. The normalized spacial score (nSPS) is 11.6. The number of ether oxygens (including phenoxy) is 2. The highest BCUT2D eigenvalue weighted by Gasteiger charge is 2.06. The lowest BCUT2D eigenvalue weighted by Gasteiger charge is -2.12. The molecule has 0 radical (unpaired) electrons. The lowest BCUT2D eigenvalue weighted by Crippen LogP contribution is -2.13. The molecule has 132 valence electrons. The Hall–Kier alpha value is -2.59. The van der Waals surface area contributed by atoms with E-state index in [1.165, 1.54) is 5.56 Å². The van der Waals surface area contributed by atoms with E-state index in [9.17, 15) is 9.90 Å². The van der Waals surface area contributed by atoms with Gasteiger partial charge in [0, 0.05) is 12.5 Å². The molecular weight excluding hydrogens is 316 g/mol. The fourth-order valence-corrected chi connectivity index (χ4v) is 2.38. The summed E-state index contributed by atoms with van der Waals surface area (Å²) in [5.74, 6) is 0.351. The van der Waals surface area contributed by atoms with Gasteiger partial charge in [0.05, 0.1) is 19.3 Å².